The average Bonchev–Trinajstić information content (AvgIpc) is 3.08. The molecule has 3 fully saturated rings. The number of hydrogen-bond acceptors (Lipinski definition) is 5. The first-order chi connectivity index (χ1) is 11.8. The van der Waals surface area contributed by atoms with Crippen molar-refractivity contribution in [2.45, 2.75) is 44.2 Å². The molecule has 0 saturated carbocycles. The van der Waals surface area contributed by atoms with Gasteiger partial charge >= 0.3 is 0 Å². The van der Waals surface area contributed by atoms with Crippen LogP contribution >= 0.6 is 0 Å². The highest BCUT2D eigenvalue weighted by Crippen LogP contribution is 2.60. The van der Waals surface area contributed by atoms with Gasteiger partial charge in [-0.25, -0.2) is 9.29 Å². The summed E-state index contributed by atoms with van der Waals surface area (Å²) >= 11 is 0. The topological polar surface area (TPSA) is 90.6 Å². The van der Waals surface area contributed by atoms with Crippen molar-refractivity contribution in [3.05, 3.63) is 29.3 Å². The molecule has 2 unspecified atom stereocenters. The molecule has 2 bridgehead atoms. The van der Waals surface area contributed by atoms with E-state index in [1.165, 1.54) is 18.2 Å². The Morgan fingerprint density at radius 3 is 2.68 bits per heavy atom. The number of benzene rings is 1. The van der Waals surface area contributed by atoms with Gasteiger partial charge in [0.1, 0.15) is 12.3 Å². The molecule has 1 aromatic rings. The number of amides is 2. The van der Waals surface area contributed by atoms with Crippen molar-refractivity contribution in [2.24, 2.45) is 11.8 Å². The van der Waals surface area contributed by atoms with Crippen molar-refractivity contribution < 1.29 is 23.8 Å². The maximum Gasteiger partial charge on any atom is 0.240 e. The maximum atomic E-state index is 13.2. The zero-order chi connectivity index (χ0) is 18.1. The van der Waals surface area contributed by atoms with Crippen molar-refractivity contribution in [3.8, 4) is 6.07 Å². The standard InChI is InChI=1S/C18H17FN2O4/c1-17-6-12(22)18(2,25-17)14-13(17)15(23)21(16(14)24)11-4-3-9(8-20)10(5-11)7-19/h3-5,12-14,22H,6-7H2,1-2H3/t12-,13-,14+,17?,18?/m1/s1. The summed E-state index contributed by atoms with van der Waals surface area (Å²) in [5, 5.41) is 19.3. The van der Waals surface area contributed by atoms with E-state index in [4.69, 9.17) is 10.00 Å². The molecule has 4 rings (SSSR count). The normalized spacial score (nSPS) is 39.0. The van der Waals surface area contributed by atoms with Crippen LogP contribution in [-0.2, 0) is 21.0 Å². The number of ether oxygens (including phenoxy) is 1. The van der Waals surface area contributed by atoms with Crippen LogP contribution in [0.2, 0.25) is 0 Å². The number of hydrogen-bond donors (Lipinski definition) is 1. The number of fused-ring (bicyclic) bond motifs is 5. The van der Waals surface area contributed by atoms with E-state index in [0.29, 0.717) is 6.42 Å². The maximum absolute atomic E-state index is 13.2. The Balaban J connectivity index is 1.79. The zero-order valence-electron chi connectivity index (χ0n) is 13.8. The predicted octanol–water partition coefficient (Wildman–Crippen LogP) is 1.45. The summed E-state index contributed by atoms with van der Waals surface area (Å²) in [5.74, 6) is -2.28. The number of alkyl halides is 1. The second kappa shape index (κ2) is 4.87. The fourth-order valence-corrected chi connectivity index (χ4v) is 4.71. The highest BCUT2D eigenvalue weighted by atomic mass is 19.1. The quantitative estimate of drug-likeness (QED) is 0.820. The first-order valence-corrected chi connectivity index (χ1v) is 8.12. The molecule has 1 aromatic carbocycles. The molecule has 130 valence electrons. The van der Waals surface area contributed by atoms with Gasteiger partial charge in [0.2, 0.25) is 11.8 Å². The Morgan fingerprint density at radius 2 is 2.04 bits per heavy atom. The van der Waals surface area contributed by atoms with Crippen molar-refractivity contribution in [3.63, 3.8) is 0 Å². The molecule has 0 aromatic heterocycles. The highest BCUT2D eigenvalue weighted by molar-refractivity contribution is 6.23. The number of carbonyl (C=O) groups is 2. The van der Waals surface area contributed by atoms with Crippen LogP contribution in [0.5, 0.6) is 0 Å². The van der Waals surface area contributed by atoms with Crippen molar-refractivity contribution >= 4 is 17.5 Å². The Morgan fingerprint density at radius 1 is 1.36 bits per heavy atom. The monoisotopic (exact) mass is 344 g/mol. The van der Waals surface area contributed by atoms with Gasteiger partial charge in [-0.2, -0.15) is 5.26 Å². The number of halogens is 1. The Bertz CT molecular complexity index is 850. The lowest BCUT2D eigenvalue weighted by Gasteiger charge is -2.31. The molecular weight excluding hydrogens is 327 g/mol. The van der Waals surface area contributed by atoms with Gasteiger partial charge in [0.05, 0.1) is 40.9 Å². The molecule has 6 nitrogen and oxygen atoms in total. The van der Waals surface area contributed by atoms with Crippen LogP contribution in [-0.4, -0.2) is 34.2 Å². The van der Waals surface area contributed by atoms with Crippen LogP contribution in [0.25, 0.3) is 0 Å². The second-order valence-corrected chi connectivity index (χ2v) is 7.37. The number of carbonyl (C=O) groups excluding carboxylic acids is 2. The lowest BCUT2D eigenvalue weighted by molar-refractivity contribution is -0.132. The first-order valence-electron chi connectivity index (χ1n) is 8.12. The third kappa shape index (κ3) is 1.84. The van der Waals surface area contributed by atoms with E-state index in [1.54, 1.807) is 13.8 Å². The molecule has 1 N–H and O–H groups in total. The zero-order valence-corrected chi connectivity index (χ0v) is 13.8. The molecule has 3 aliphatic heterocycles. The molecule has 5 atom stereocenters. The third-order valence-electron chi connectivity index (χ3n) is 5.91. The van der Waals surface area contributed by atoms with Gasteiger partial charge in [0.25, 0.3) is 0 Å². The summed E-state index contributed by atoms with van der Waals surface area (Å²) in [6, 6.07) is 6.12. The predicted molar refractivity (Wildman–Crippen MR) is 84.0 cm³/mol. The smallest absolute Gasteiger partial charge is 0.240 e. The molecule has 3 aliphatic rings. The molecular formula is C18H17FN2O4. The van der Waals surface area contributed by atoms with E-state index in [1.807, 2.05) is 6.07 Å². The Kier molecular flexibility index (Phi) is 3.15. The SMILES string of the molecule is CC12C[C@@H](O)C(C)(O1)[C@@H]1C(=O)N(c3ccc(C#N)c(CF)c3)C(=O)[C@@H]12. The third-order valence-corrected chi connectivity index (χ3v) is 5.91. The van der Waals surface area contributed by atoms with Crippen LogP contribution < -0.4 is 4.90 Å². The van der Waals surface area contributed by atoms with Crippen LogP contribution in [0.4, 0.5) is 10.1 Å². The van der Waals surface area contributed by atoms with E-state index < -0.39 is 47.6 Å². The molecule has 0 aliphatic carbocycles. The number of anilines is 1. The number of aliphatic hydroxyl groups excluding tert-OH is 1. The molecule has 3 heterocycles. The first kappa shape index (κ1) is 16.2. The fraction of sp³-hybridized carbons (Fsp3) is 0.500. The van der Waals surface area contributed by atoms with Gasteiger partial charge in [-0.15, -0.1) is 0 Å². The van der Waals surface area contributed by atoms with Gasteiger partial charge in [-0.1, -0.05) is 0 Å². The average molecular weight is 344 g/mol. The largest absolute Gasteiger partial charge is 0.390 e. The van der Waals surface area contributed by atoms with E-state index in [0.717, 1.165) is 4.90 Å². The van der Waals surface area contributed by atoms with Crippen LogP contribution in [0, 0.1) is 23.2 Å². The van der Waals surface area contributed by atoms with E-state index >= 15 is 0 Å². The summed E-state index contributed by atoms with van der Waals surface area (Å²) in [4.78, 5) is 27.0. The molecule has 0 spiro atoms. The Hall–Kier alpha value is -2.30. The van der Waals surface area contributed by atoms with E-state index in [-0.39, 0.29) is 16.8 Å². The van der Waals surface area contributed by atoms with Gasteiger partial charge in [-0.3, -0.25) is 9.59 Å². The van der Waals surface area contributed by atoms with E-state index in [9.17, 15) is 19.1 Å². The Labute approximate surface area is 143 Å². The number of nitriles is 1. The van der Waals surface area contributed by atoms with Gasteiger partial charge in [0, 0.05) is 12.0 Å². The lowest BCUT2D eigenvalue weighted by atomic mass is 9.67. The number of rotatable bonds is 2. The molecule has 25 heavy (non-hydrogen) atoms. The fourth-order valence-electron chi connectivity index (χ4n) is 4.71. The van der Waals surface area contributed by atoms with Crippen LogP contribution in [0.1, 0.15) is 31.4 Å². The number of aliphatic hydroxyl groups is 1. The lowest BCUT2D eigenvalue weighted by Crippen LogP contribution is -2.49. The van der Waals surface area contributed by atoms with Crippen molar-refractivity contribution in [1.82, 2.24) is 0 Å². The highest BCUT2D eigenvalue weighted by Gasteiger charge is 2.75. The van der Waals surface area contributed by atoms with Crippen molar-refractivity contribution in [2.75, 3.05) is 4.90 Å². The second-order valence-electron chi connectivity index (χ2n) is 7.37. The summed E-state index contributed by atoms with van der Waals surface area (Å²) in [6.07, 6.45) is -0.529. The van der Waals surface area contributed by atoms with E-state index in [2.05, 4.69) is 0 Å². The van der Waals surface area contributed by atoms with Gasteiger partial charge in [0.15, 0.2) is 0 Å². The molecule has 7 heteroatoms. The molecule has 2 amide bonds. The minimum Gasteiger partial charge on any atom is -0.390 e. The summed E-state index contributed by atoms with van der Waals surface area (Å²) in [7, 11) is 0. The van der Waals surface area contributed by atoms with Crippen molar-refractivity contribution in [1.29, 1.82) is 5.26 Å². The van der Waals surface area contributed by atoms with Gasteiger partial charge in [-0.05, 0) is 32.0 Å². The summed E-state index contributed by atoms with van der Waals surface area (Å²) < 4.78 is 19.1. The minimum atomic E-state index is -1.10. The molecule has 3 saturated heterocycles. The number of imide groups is 1. The molecule has 0 radical (unpaired) electrons. The minimum absolute atomic E-state index is 0.134. The van der Waals surface area contributed by atoms with Gasteiger partial charge < -0.3 is 9.84 Å². The van der Waals surface area contributed by atoms with Crippen LogP contribution in [0.3, 0.4) is 0 Å². The summed E-state index contributed by atoms with van der Waals surface area (Å²) in [6.45, 7) is 2.54. The number of nitrogens with zero attached hydrogens (tertiary/aromatic N) is 2. The summed E-state index contributed by atoms with van der Waals surface area (Å²) in [5.41, 5.74) is -1.44. The van der Waals surface area contributed by atoms with Crippen LogP contribution in [0.15, 0.2) is 18.2 Å².